The van der Waals surface area contributed by atoms with E-state index in [4.69, 9.17) is 0 Å². The molecule has 0 aromatic heterocycles. The van der Waals surface area contributed by atoms with Crippen LogP contribution in [0, 0.1) is 0 Å². The van der Waals surface area contributed by atoms with Crippen molar-refractivity contribution < 1.29 is 20.4 Å². The van der Waals surface area contributed by atoms with Gasteiger partial charge in [0.25, 0.3) is 0 Å². The SMILES string of the molecule is CCC[I-][Si](C)(C)C. The summed E-state index contributed by atoms with van der Waals surface area (Å²) in [6.07, 6.45) is 1.41. The molecule has 0 fully saturated rings. The van der Waals surface area contributed by atoms with Crippen LogP contribution in [0.25, 0.3) is 0 Å². The Kier molecular flexibility index (Phi) is 4.33. The van der Waals surface area contributed by atoms with Crippen molar-refractivity contribution in [2.45, 2.75) is 33.0 Å². The predicted molar refractivity (Wildman–Crippen MR) is 38.5 cm³/mol. The van der Waals surface area contributed by atoms with Crippen molar-refractivity contribution in [2.24, 2.45) is 0 Å². The number of rotatable bonds is 3. The van der Waals surface area contributed by atoms with Crippen LogP contribution in [-0.2, 0) is 0 Å². The first-order valence-corrected chi connectivity index (χ1v) is 11.3. The van der Waals surface area contributed by atoms with Crippen molar-refractivity contribution in [3.05, 3.63) is 0 Å². The van der Waals surface area contributed by atoms with E-state index in [1.54, 1.807) is 4.43 Å². The monoisotopic (exact) mass is 243 g/mol. The van der Waals surface area contributed by atoms with Crippen LogP contribution < -0.4 is 20.4 Å². The van der Waals surface area contributed by atoms with Gasteiger partial charge in [0.2, 0.25) is 0 Å². The standard InChI is InChI=1S/C6H16ISi/c1-5-6-7-8(2,3)4/h5-6H2,1-4H3/q-1. The minimum absolute atomic E-state index is 0.568. The first-order valence-electron chi connectivity index (χ1n) is 3.16. The molecular formula is C6H16ISi-. The van der Waals surface area contributed by atoms with Gasteiger partial charge in [0.15, 0.2) is 0 Å². The maximum atomic E-state index is 2.48. The molecule has 0 aliphatic carbocycles. The van der Waals surface area contributed by atoms with E-state index >= 15 is 0 Å². The Balaban J connectivity index is 3.11. The van der Waals surface area contributed by atoms with E-state index in [0.29, 0.717) is 20.4 Å². The molecule has 8 heavy (non-hydrogen) atoms. The quantitative estimate of drug-likeness (QED) is 0.267. The van der Waals surface area contributed by atoms with E-state index in [1.807, 2.05) is 0 Å². The van der Waals surface area contributed by atoms with Crippen LogP contribution in [0.15, 0.2) is 0 Å². The molecule has 0 N–H and O–H groups in total. The Morgan fingerprint density at radius 1 is 1.25 bits per heavy atom. The molecule has 0 bridgehead atoms. The third kappa shape index (κ3) is 6.95. The van der Waals surface area contributed by atoms with Gasteiger partial charge in [0.1, 0.15) is 0 Å². The van der Waals surface area contributed by atoms with Crippen molar-refractivity contribution in [1.29, 1.82) is 0 Å². The number of hydrogen-bond acceptors (Lipinski definition) is 0. The minimum atomic E-state index is -0.568. The molecule has 0 heterocycles. The average Bonchev–Trinajstić information content (AvgIpc) is 1.59. The second-order valence-electron chi connectivity index (χ2n) is 2.89. The summed E-state index contributed by atoms with van der Waals surface area (Å²) in [5.74, 6) is 0. The molecule has 0 radical (unpaired) electrons. The van der Waals surface area contributed by atoms with Gasteiger partial charge in [-0.15, -0.1) is 0 Å². The molecule has 0 rings (SSSR count). The van der Waals surface area contributed by atoms with Crippen LogP contribution in [0.3, 0.4) is 0 Å². The Hall–Kier alpha value is 0.947. The summed E-state index contributed by atoms with van der Waals surface area (Å²) >= 11 is 0.620. The normalized spacial score (nSPS) is 12.5. The summed E-state index contributed by atoms with van der Waals surface area (Å²) in [6, 6.07) is 0. The van der Waals surface area contributed by atoms with Crippen LogP contribution in [0.1, 0.15) is 13.3 Å². The van der Waals surface area contributed by atoms with Crippen LogP contribution in [0.4, 0.5) is 0 Å². The van der Waals surface area contributed by atoms with Crippen LogP contribution in [0.5, 0.6) is 0 Å². The molecule has 0 aromatic rings. The topological polar surface area (TPSA) is 0 Å². The number of hydrogen-bond donors (Lipinski definition) is 0. The molecular weight excluding hydrogens is 227 g/mol. The fraction of sp³-hybridized carbons (Fsp3) is 1.00. The summed E-state index contributed by atoms with van der Waals surface area (Å²) < 4.78 is 1.55. The van der Waals surface area contributed by atoms with Gasteiger partial charge in [-0.2, -0.15) is 0 Å². The molecule has 0 nitrogen and oxygen atoms in total. The Bertz CT molecular complexity index is 56.0. The van der Waals surface area contributed by atoms with Crippen molar-refractivity contribution in [1.82, 2.24) is 0 Å². The van der Waals surface area contributed by atoms with E-state index in [1.165, 1.54) is 6.42 Å². The van der Waals surface area contributed by atoms with Gasteiger partial charge >= 0.3 is 63.4 Å². The fourth-order valence-electron chi connectivity index (χ4n) is 0.378. The molecule has 0 aliphatic heterocycles. The van der Waals surface area contributed by atoms with Gasteiger partial charge in [0, 0.05) is 0 Å². The van der Waals surface area contributed by atoms with Crippen LogP contribution in [0.2, 0.25) is 19.6 Å². The Morgan fingerprint density at radius 2 is 1.75 bits per heavy atom. The molecule has 0 aliphatic rings. The van der Waals surface area contributed by atoms with E-state index in [-0.39, 0.29) is 0 Å². The zero-order valence-corrected chi connectivity index (χ0v) is 9.45. The van der Waals surface area contributed by atoms with Gasteiger partial charge in [-0.3, -0.25) is 0 Å². The first kappa shape index (κ1) is 8.95. The molecule has 0 unspecified atom stereocenters. The third-order valence-electron chi connectivity index (χ3n) is 0.684. The molecule has 0 spiro atoms. The van der Waals surface area contributed by atoms with Gasteiger partial charge in [-0.25, -0.2) is 0 Å². The zero-order valence-electron chi connectivity index (χ0n) is 6.29. The first-order chi connectivity index (χ1) is 3.56. The van der Waals surface area contributed by atoms with Crippen molar-refractivity contribution >= 4 is 5.57 Å². The van der Waals surface area contributed by atoms with Gasteiger partial charge in [0.05, 0.1) is 0 Å². The van der Waals surface area contributed by atoms with E-state index in [0.717, 1.165) is 0 Å². The second kappa shape index (κ2) is 3.88. The van der Waals surface area contributed by atoms with Gasteiger partial charge in [-0.05, 0) is 0 Å². The third-order valence-corrected chi connectivity index (χ3v) is 11.2. The van der Waals surface area contributed by atoms with E-state index in [9.17, 15) is 0 Å². The molecule has 0 saturated heterocycles. The van der Waals surface area contributed by atoms with Crippen molar-refractivity contribution in [3.63, 3.8) is 0 Å². The molecule has 0 saturated carbocycles. The molecule has 52 valence electrons. The average molecular weight is 243 g/mol. The van der Waals surface area contributed by atoms with Crippen LogP contribution >= 0.6 is 0 Å². The molecule has 0 amide bonds. The van der Waals surface area contributed by atoms with Crippen molar-refractivity contribution in [3.8, 4) is 0 Å². The maximum absolute atomic E-state index is 2.48. The summed E-state index contributed by atoms with van der Waals surface area (Å²) in [5, 5.41) is 0. The predicted octanol–water partition coefficient (Wildman–Crippen LogP) is -0.680. The van der Waals surface area contributed by atoms with Crippen molar-refractivity contribution in [2.75, 3.05) is 4.43 Å². The number of halogens is 1. The molecule has 0 aromatic carbocycles. The zero-order chi connectivity index (χ0) is 6.62. The summed E-state index contributed by atoms with van der Waals surface area (Å²) in [6.45, 7) is 9.74. The van der Waals surface area contributed by atoms with Crippen LogP contribution in [-0.4, -0.2) is 10.00 Å². The van der Waals surface area contributed by atoms with Gasteiger partial charge < -0.3 is 0 Å². The Labute approximate surface area is 63.4 Å². The van der Waals surface area contributed by atoms with E-state index in [2.05, 4.69) is 26.6 Å². The Morgan fingerprint density at radius 3 is 1.88 bits per heavy atom. The van der Waals surface area contributed by atoms with E-state index < -0.39 is 5.57 Å². The molecule has 0 atom stereocenters. The summed E-state index contributed by atoms with van der Waals surface area (Å²) in [7, 11) is 0. The summed E-state index contributed by atoms with van der Waals surface area (Å²) in [4.78, 5) is 0. The molecule has 2 heteroatoms. The summed E-state index contributed by atoms with van der Waals surface area (Å²) in [5.41, 5.74) is -0.568. The fourth-order valence-corrected chi connectivity index (χ4v) is 7.61. The second-order valence-corrected chi connectivity index (χ2v) is 20.4. The number of alkyl halides is 1. The van der Waals surface area contributed by atoms with Gasteiger partial charge in [-0.1, -0.05) is 0 Å².